The number of hydrogen-bond acceptors (Lipinski definition) is 6. The minimum atomic E-state index is 0.657. The highest BCUT2D eigenvalue weighted by atomic mass is 16.5. The van der Waals surface area contributed by atoms with Gasteiger partial charge in [-0.15, -0.1) is 0 Å². The molecule has 0 aromatic heterocycles. The SMILES string of the molecule is COCc1ccc(OC)cc1.c1ccc(COCCCOc2ccc(N3CCNCC3)cc2)cc1. The number of hydrogen-bond donors (Lipinski definition) is 1. The van der Waals surface area contributed by atoms with Crippen molar-refractivity contribution in [3.63, 3.8) is 0 Å². The van der Waals surface area contributed by atoms with Crippen LogP contribution in [0.3, 0.4) is 0 Å². The van der Waals surface area contributed by atoms with Gasteiger partial charge in [-0.1, -0.05) is 42.5 Å². The quantitative estimate of drug-likeness (QED) is 0.395. The van der Waals surface area contributed by atoms with Gasteiger partial charge in [-0.25, -0.2) is 0 Å². The normalized spacial score (nSPS) is 13.0. The van der Waals surface area contributed by atoms with Gasteiger partial charge in [0.05, 0.1) is 33.5 Å². The summed E-state index contributed by atoms with van der Waals surface area (Å²) >= 11 is 0. The molecule has 6 nitrogen and oxygen atoms in total. The zero-order valence-electron chi connectivity index (χ0n) is 20.9. The molecule has 0 atom stereocenters. The van der Waals surface area contributed by atoms with E-state index in [1.807, 2.05) is 42.5 Å². The highest BCUT2D eigenvalue weighted by molar-refractivity contribution is 5.49. The number of nitrogens with zero attached hydrogens (tertiary/aromatic N) is 1. The Bertz CT molecular complexity index is 927. The smallest absolute Gasteiger partial charge is 0.119 e. The van der Waals surface area contributed by atoms with E-state index in [-0.39, 0.29) is 0 Å². The summed E-state index contributed by atoms with van der Waals surface area (Å²) in [6.45, 7) is 6.97. The Balaban J connectivity index is 0.000000261. The molecule has 0 radical (unpaired) electrons. The molecule has 0 aliphatic carbocycles. The van der Waals surface area contributed by atoms with Gasteiger partial charge < -0.3 is 29.2 Å². The number of rotatable bonds is 11. The molecule has 35 heavy (non-hydrogen) atoms. The van der Waals surface area contributed by atoms with Gasteiger partial charge in [0.1, 0.15) is 11.5 Å². The molecule has 0 bridgehead atoms. The van der Waals surface area contributed by atoms with Crippen LogP contribution in [0, 0.1) is 0 Å². The first-order valence-corrected chi connectivity index (χ1v) is 12.2. The maximum Gasteiger partial charge on any atom is 0.119 e. The highest BCUT2D eigenvalue weighted by Gasteiger charge is 2.09. The molecule has 0 spiro atoms. The Morgan fingerprint density at radius 2 is 1.37 bits per heavy atom. The minimum absolute atomic E-state index is 0.657. The van der Waals surface area contributed by atoms with Gasteiger partial charge in [0.2, 0.25) is 0 Å². The van der Waals surface area contributed by atoms with E-state index in [1.54, 1.807) is 14.2 Å². The number of nitrogens with one attached hydrogen (secondary N) is 1. The van der Waals surface area contributed by atoms with Gasteiger partial charge in [-0.05, 0) is 47.5 Å². The van der Waals surface area contributed by atoms with Gasteiger partial charge in [-0.3, -0.25) is 0 Å². The Hall–Kier alpha value is -3.06. The van der Waals surface area contributed by atoms with Crippen LogP contribution in [0.2, 0.25) is 0 Å². The van der Waals surface area contributed by atoms with Crippen LogP contribution in [0.5, 0.6) is 11.5 Å². The Kier molecular flexibility index (Phi) is 12.0. The van der Waals surface area contributed by atoms with Crippen LogP contribution in [-0.2, 0) is 22.7 Å². The zero-order chi connectivity index (χ0) is 24.6. The molecule has 1 heterocycles. The molecule has 0 saturated carbocycles. The van der Waals surface area contributed by atoms with Gasteiger partial charge in [0.15, 0.2) is 0 Å². The van der Waals surface area contributed by atoms with Crippen LogP contribution < -0.4 is 19.7 Å². The lowest BCUT2D eigenvalue weighted by Gasteiger charge is -2.29. The number of methoxy groups -OCH3 is 2. The summed E-state index contributed by atoms with van der Waals surface area (Å²) in [6, 6.07) is 26.5. The van der Waals surface area contributed by atoms with E-state index in [0.29, 0.717) is 26.4 Å². The molecule has 3 aromatic carbocycles. The number of anilines is 1. The fraction of sp³-hybridized carbons (Fsp3) is 0.379. The molecular formula is C29H38N2O4. The molecule has 1 fully saturated rings. The first-order valence-electron chi connectivity index (χ1n) is 12.2. The van der Waals surface area contributed by atoms with Gasteiger partial charge in [0.25, 0.3) is 0 Å². The van der Waals surface area contributed by atoms with Crippen molar-refractivity contribution in [1.82, 2.24) is 5.32 Å². The van der Waals surface area contributed by atoms with E-state index in [4.69, 9.17) is 18.9 Å². The Morgan fingerprint density at radius 3 is 2.03 bits per heavy atom. The summed E-state index contributed by atoms with van der Waals surface area (Å²) in [5.41, 5.74) is 3.64. The second-order valence-electron chi connectivity index (χ2n) is 8.25. The molecule has 4 rings (SSSR count). The predicted molar refractivity (Wildman–Crippen MR) is 141 cm³/mol. The minimum Gasteiger partial charge on any atom is -0.497 e. The highest BCUT2D eigenvalue weighted by Crippen LogP contribution is 2.20. The molecular weight excluding hydrogens is 440 g/mol. The van der Waals surface area contributed by atoms with Crippen LogP contribution in [-0.4, -0.2) is 53.6 Å². The van der Waals surface area contributed by atoms with E-state index < -0.39 is 0 Å². The lowest BCUT2D eigenvalue weighted by molar-refractivity contribution is 0.107. The van der Waals surface area contributed by atoms with E-state index in [2.05, 4.69) is 46.6 Å². The topological polar surface area (TPSA) is 52.2 Å². The summed E-state index contributed by atoms with van der Waals surface area (Å²) in [5, 5.41) is 3.37. The van der Waals surface area contributed by atoms with E-state index >= 15 is 0 Å². The van der Waals surface area contributed by atoms with Crippen molar-refractivity contribution >= 4 is 5.69 Å². The summed E-state index contributed by atoms with van der Waals surface area (Å²) < 4.78 is 21.4. The monoisotopic (exact) mass is 478 g/mol. The van der Waals surface area contributed by atoms with Crippen LogP contribution in [0.1, 0.15) is 17.5 Å². The molecule has 0 amide bonds. The van der Waals surface area contributed by atoms with Gasteiger partial charge in [0, 0.05) is 45.4 Å². The van der Waals surface area contributed by atoms with Crippen molar-refractivity contribution < 1.29 is 18.9 Å². The molecule has 1 N–H and O–H groups in total. The van der Waals surface area contributed by atoms with Crippen LogP contribution >= 0.6 is 0 Å². The average molecular weight is 479 g/mol. The third kappa shape index (κ3) is 9.99. The van der Waals surface area contributed by atoms with Crippen molar-refractivity contribution in [3.8, 4) is 11.5 Å². The van der Waals surface area contributed by atoms with E-state index in [0.717, 1.165) is 49.7 Å². The number of benzene rings is 3. The summed E-state index contributed by atoms with van der Waals surface area (Å²) in [7, 11) is 3.34. The Morgan fingerprint density at radius 1 is 0.714 bits per heavy atom. The van der Waals surface area contributed by atoms with Crippen molar-refractivity contribution in [2.24, 2.45) is 0 Å². The van der Waals surface area contributed by atoms with Crippen molar-refractivity contribution in [2.75, 3.05) is 58.5 Å². The maximum atomic E-state index is 5.79. The van der Waals surface area contributed by atoms with Crippen molar-refractivity contribution in [3.05, 3.63) is 90.0 Å². The number of piperazine rings is 1. The fourth-order valence-corrected chi connectivity index (χ4v) is 3.68. The van der Waals surface area contributed by atoms with Gasteiger partial charge >= 0.3 is 0 Å². The molecule has 188 valence electrons. The van der Waals surface area contributed by atoms with Crippen LogP contribution in [0.25, 0.3) is 0 Å². The third-order valence-electron chi connectivity index (χ3n) is 5.60. The van der Waals surface area contributed by atoms with E-state index in [1.165, 1.54) is 11.3 Å². The van der Waals surface area contributed by atoms with Gasteiger partial charge in [-0.2, -0.15) is 0 Å². The second-order valence-corrected chi connectivity index (χ2v) is 8.25. The van der Waals surface area contributed by atoms with Crippen LogP contribution in [0.15, 0.2) is 78.9 Å². The predicted octanol–water partition coefficient (Wildman–Crippen LogP) is 4.92. The Labute approximate surface area is 209 Å². The lowest BCUT2D eigenvalue weighted by Crippen LogP contribution is -2.43. The van der Waals surface area contributed by atoms with E-state index in [9.17, 15) is 0 Å². The molecule has 0 unspecified atom stereocenters. The first kappa shape index (κ1) is 26.5. The second kappa shape index (κ2) is 15.8. The molecule has 1 saturated heterocycles. The average Bonchev–Trinajstić information content (AvgIpc) is 2.93. The third-order valence-corrected chi connectivity index (χ3v) is 5.60. The van der Waals surface area contributed by atoms with Crippen molar-refractivity contribution in [2.45, 2.75) is 19.6 Å². The summed E-state index contributed by atoms with van der Waals surface area (Å²) in [4.78, 5) is 2.40. The zero-order valence-corrected chi connectivity index (χ0v) is 20.9. The molecule has 3 aromatic rings. The fourth-order valence-electron chi connectivity index (χ4n) is 3.68. The lowest BCUT2D eigenvalue weighted by atomic mass is 10.2. The largest absolute Gasteiger partial charge is 0.497 e. The summed E-state index contributed by atoms with van der Waals surface area (Å²) in [5.74, 6) is 1.81. The standard InChI is InChI=1S/C20H26N2O2.C9H12O2/c1-2-5-18(6-3-1)17-23-15-4-16-24-20-9-7-19(8-10-20)22-13-11-21-12-14-22;1-10-7-8-3-5-9(11-2)6-4-8/h1-3,5-10,21H,4,11-17H2;3-6H,7H2,1-2H3. The molecule has 6 heteroatoms. The first-order chi connectivity index (χ1) is 17.3. The maximum absolute atomic E-state index is 5.79. The summed E-state index contributed by atoms with van der Waals surface area (Å²) in [6.07, 6.45) is 0.895. The van der Waals surface area contributed by atoms with Crippen LogP contribution in [0.4, 0.5) is 5.69 Å². The van der Waals surface area contributed by atoms with Crippen molar-refractivity contribution in [1.29, 1.82) is 0 Å². The number of ether oxygens (including phenoxy) is 4. The molecule has 1 aliphatic heterocycles. The molecule has 1 aliphatic rings.